The van der Waals surface area contributed by atoms with Crippen LogP contribution in [-0.4, -0.2) is 22.9 Å². The van der Waals surface area contributed by atoms with Gasteiger partial charge in [0.15, 0.2) is 11.0 Å². The quantitative estimate of drug-likeness (QED) is 0.303. The molecule has 1 aromatic heterocycles. The summed E-state index contributed by atoms with van der Waals surface area (Å²) in [5.74, 6) is 0. The van der Waals surface area contributed by atoms with E-state index in [4.69, 9.17) is 9.31 Å². The Morgan fingerprint density at radius 2 is 1.41 bits per heavy atom. The maximum absolute atomic E-state index is 6.43. The fourth-order valence-corrected chi connectivity index (χ4v) is 4.43. The lowest BCUT2D eigenvalue weighted by atomic mass is 9.75. The maximum Gasteiger partial charge on any atom is 0.495 e. The largest absolute Gasteiger partial charge is 0.495 e. The first-order chi connectivity index (χ1) is 16.0. The van der Waals surface area contributed by atoms with Crippen molar-refractivity contribution in [1.29, 1.82) is 0 Å². The van der Waals surface area contributed by atoms with E-state index in [-0.39, 0.29) is 16.6 Å². The Bertz CT molecular complexity index is 1330. The van der Waals surface area contributed by atoms with Crippen LogP contribution < -0.4 is 10.0 Å². The van der Waals surface area contributed by atoms with Crippen LogP contribution in [0.2, 0.25) is 0 Å². The zero-order valence-electron chi connectivity index (χ0n) is 21.3. The first-order valence-electron chi connectivity index (χ1n) is 12.0. The highest BCUT2D eigenvalue weighted by Crippen LogP contribution is 2.37. The monoisotopic (exact) mass is 453 g/mol. The second kappa shape index (κ2) is 7.83. The molecule has 4 aromatic rings. The molecule has 1 saturated heterocycles. The van der Waals surface area contributed by atoms with Gasteiger partial charge in [0.2, 0.25) is 0 Å². The minimum atomic E-state index is -0.408. The van der Waals surface area contributed by atoms with Crippen LogP contribution in [0.15, 0.2) is 79.1 Å². The minimum absolute atomic E-state index is 0.0211. The Hall–Kier alpha value is -2.89. The van der Waals surface area contributed by atoms with Gasteiger partial charge in [-0.05, 0) is 80.5 Å². The summed E-state index contributed by atoms with van der Waals surface area (Å²) in [6, 6.07) is 25.7. The highest BCUT2D eigenvalue weighted by Gasteiger charge is 2.52. The molecule has 0 N–H and O–H groups in total. The van der Waals surface area contributed by atoms with E-state index in [1.807, 2.05) is 6.07 Å². The first-order valence-corrected chi connectivity index (χ1v) is 12.0. The molecule has 0 atom stereocenters. The molecular formula is C29H34BN2O2+. The molecule has 34 heavy (non-hydrogen) atoms. The molecule has 1 aliphatic heterocycles. The summed E-state index contributed by atoms with van der Waals surface area (Å²) in [6.07, 6.45) is 2.18. The van der Waals surface area contributed by atoms with Crippen LogP contribution in [-0.2, 0) is 14.7 Å². The third-order valence-corrected chi connectivity index (χ3v) is 7.28. The van der Waals surface area contributed by atoms with Crippen LogP contribution in [0.1, 0.15) is 54.0 Å². The molecule has 0 spiro atoms. The molecule has 174 valence electrons. The van der Waals surface area contributed by atoms with Gasteiger partial charge in [0.05, 0.1) is 11.2 Å². The fourth-order valence-electron chi connectivity index (χ4n) is 4.43. The summed E-state index contributed by atoms with van der Waals surface area (Å²) >= 11 is 0. The van der Waals surface area contributed by atoms with E-state index in [9.17, 15) is 0 Å². The molecule has 0 unspecified atom stereocenters. The third kappa shape index (κ3) is 3.87. The number of aromatic nitrogens is 2. The zero-order chi connectivity index (χ0) is 24.3. The van der Waals surface area contributed by atoms with Crippen LogP contribution in [0.4, 0.5) is 0 Å². The van der Waals surface area contributed by atoms with E-state index >= 15 is 0 Å². The number of hydrogen-bond acceptors (Lipinski definition) is 2. The second-order valence-corrected chi connectivity index (χ2v) is 11.3. The Balaban J connectivity index is 1.70. The van der Waals surface area contributed by atoms with Gasteiger partial charge in [0.1, 0.15) is 11.4 Å². The zero-order valence-corrected chi connectivity index (χ0v) is 21.3. The number of hydrogen-bond donors (Lipinski definition) is 0. The van der Waals surface area contributed by atoms with Crippen molar-refractivity contribution in [3.8, 4) is 11.4 Å². The normalized spacial score (nSPS) is 17.4. The molecule has 0 radical (unpaired) electrons. The average molecular weight is 453 g/mol. The van der Waals surface area contributed by atoms with E-state index < -0.39 is 7.12 Å². The van der Waals surface area contributed by atoms with Crippen molar-refractivity contribution >= 4 is 23.6 Å². The molecule has 0 aliphatic carbocycles. The van der Waals surface area contributed by atoms with Crippen molar-refractivity contribution in [2.75, 3.05) is 0 Å². The third-order valence-electron chi connectivity index (χ3n) is 7.28. The Morgan fingerprint density at radius 3 is 2.06 bits per heavy atom. The highest BCUT2D eigenvalue weighted by atomic mass is 16.7. The molecule has 0 amide bonds. The van der Waals surface area contributed by atoms with Crippen LogP contribution in [0.5, 0.6) is 0 Å². The SMILES string of the molecule is CC(C)(C)c1cc(B2OC(C)(C)C(C)(C)O2)cc(-n2c[n+](-c3ccccc3)c3ccccc32)c1. The van der Waals surface area contributed by atoms with Gasteiger partial charge in [-0.1, -0.05) is 57.2 Å². The average Bonchev–Trinajstić information content (AvgIpc) is 3.27. The summed E-state index contributed by atoms with van der Waals surface area (Å²) in [5, 5.41) is 0. The van der Waals surface area contributed by atoms with Crippen LogP contribution in [0.25, 0.3) is 22.4 Å². The minimum Gasteiger partial charge on any atom is -0.399 e. The molecule has 0 saturated carbocycles. The number of para-hydroxylation sites is 3. The fraction of sp³-hybridized carbons (Fsp3) is 0.345. The van der Waals surface area contributed by atoms with Gasteiger partial charge in [-0.15, -0.1) is 0 Å². The topological polar surface area (TPSA) is 27.3 Å². The van der Waals surface area contributed by atoms with Crippen LogP contribution in [0.3, 0.4) is 0 Å². The van der Waals surface area contributed by atoms with Crippen molar-refractivity contribution in [1.82, 2.24) is 4.57 Å². The highest BCUT2D eigenvalue weighted by molar-refractivity contribution is 6.62. The number of nitrogens with zero attached hydrogens (tertiary/aromatic N) is 2. The standard InChI is InChI=1S/C29H34BN2O2/c1-27(2,3)21-17-22(30-33-28(4,5)29(6,7)34-30)19-24(18-21)32-20-31(23-13-9-8-10-14-23)25-15-11-12-16-26(25)32/h8-20H,1-7H3/q+1. The van der Waals surface area contributed by atoms with Gasteiger partial charge in [-0.3, -0.25) is 0 Å². The maximum atomic E-state index is 6.43. The van der Waals surface area contributed by atoms with Crippen LogP contribution >= 0.6 is 0 Å². The van der Waals surface area contributed by atoms with E-state index in [2.05, 4.69) is 131 Å². The van der Waals surface area contributed by atoms with Crippen molar-refractivity contribution in [3.63, 3.8) is 0 Å². The lowest BCUT2D eigenvalue weighted by Crippen LogP contribution is -2.41. The first kappa shape index (κ1) is 22.9. The molecule has 5 heteroatoms. The predicted molar refractivity (Wildman–Crippen MR) is 139 cm³/mol. The molecule has 1 fully saturated rings. The summed E-state index contributed by atoms with van der Waals surface area (Å²) in [4.78, 5) is 0. The molecule has 2 heterocycles. The Morgan fingerprint density at radius 1 is 0.794 bits per heavy atom. The second-order valence-electron chi connectivity index (χ2n) is 11.3. The van der Waals surface area contributed by atoms with E-state index in [0.717, 1.165) is 27.9 Å². The molecule has 4 nitrogen and oxygen atoms in total. The van der Waals surface area contributed by atoms with Gasteiger partial charge in [0, 0.05) is 0 Å². The van der Waals surface area contributed by atoms with E-state index in [0.29, 0.717) is 0 Å². The lowest BCUT2D eigenvalue weighted by Gasteiger charge is -2.32. The summed E-state index contributed by atoms with van der Waals surface area (Å²) in [5.41, 5.74) is 6.05. The Kier molecular flexibility index (Phi) is 5.27. The van der Waals surface area contributed by atoms with Gasteiger partial charge in [-0.25, -0.2) is 0 Å². The molecule has 0 bridgehead atoms. The summed E-state index contributed by atoms with van der Waals surface area (Å²) in [7, 11) is -0.408. The van der Waals surface area contributed by atoms with Crippen molar-refractivity contribution in [3.05, 3.63) is 84.7 Å². The Labute approximate surface area is 203 Å². The summed E-state index contributed by atoms with van der Waals surface area (Å²) in [6.45, 7) is 15.1. The van der Waals surface area contributed by atoms with Crippen molar-refractivity contribution < 1.29 is 13.9 Å². The number of benzene rings is 3. The van der Waals surface area contributed by atoms with Gasteiger partial charge in [0.25, 0.3) is 6.33 Å². The lowest BCUT2D eigenvalue weighted by molar-refractivity contribution is -0.567. The molecular weight excluding hydrogens is 419 g/mol. The van der Waals surface area contributed by atoms with Crippen molar-refractivity contribution in [2.45, 2.75) is 65.1 Å². The molecule has 1 aliphatic rings. The molecule has 3 aromatic carbocycles. The number of imidazole rings is 1. The number of fused-ring (bicyclic) bond motifs is 1. The predicted octanol–water partition coefficient (Wildman–Crippen LogP) is 5.50. The smallest absolute Gasteiger partial charge is 0.399 e. The van der Waals surface area contributed by atoms with E-state index in [1.165, 1.54) is 5.56 Å². The molecule has 5 rings (SSSR count). The van der Waals surface area contributed by atoms with Gasteiger partial charge < -0.3 is 9.31 Å². The van der Waals surface area contributed by atoms with E-state index in [1.54, 1.807) is 0 Å². The van der Waals surface area contributed by atoms with Gasteiger partial charge >= 0.3 is 7.12 Å². The van der Waals surface area contributed by atoms with Crippen molar-refractivity contribution in [2.24, 2.45) is 0 Å². The van der Waals surface area contributed by atoms with Crippen LogP contribution in [0, 0.1) is 0 Å². The summed E-state index contributed by atoms with van der Waals surface area (Å²) < 4.78 is 17.4. The van der Waals surface area contributed by atoms with Gasteiger partial charge in [-0.2, -0.15) is 9.13 Å². The number of rotatable bonds is 3.